The molecule has 5 nitrogen and oxygen atoms in total. The van der Waals surface area contributed by atoms with E-state index in [0.717, 1.165) is 32.4 Å². The average molecular weight is 390 g/mol. The van der Waals surface area contributed by atoms with Crippen LogP contribution in [0.5, 0.6) is 0 Å². The minimum absolute atomic E-state index is 0.0392. The van der Waals surface area contributed by atoms with Gasteiger partial charge in [0.2, 0.25) is 0 Å². The number of aromatic amines is 1. The van der Waals surface area contributed by atoms with Crippen LogP contribution < -0.4 is 5.32 Å². The largest absolute Gasteiger partial charge is 0.431 e. The second-order valence-corrected chi connectivity index (χ2v) is 5.95. The van der Waals surface area contributed by atoms with Crippen molar-refractivity contribution in [2.24, 2.45) is 0 Å². The van der Waals surface area contributed by atoms with Crippen molar-refractivity contribution in [3.63, 3.8) is 0 Å². The molecular formula is C20H21F3N4O. The standard InChI is InChI=1S/C17H15F3N4.C2H2.CH4O/c18-17(19,20)14-8-12-15(21-9-22-16(12)24-14)23-13-7-3-5-10-4-1-2-6-11(10)13;2*1-2/h1-2,4,6,8-9,13H,3,5,7H2,(H2,21,22,23,24);1-2H;2H,1H3/t13-;;/m0../s1. The molecule has 148 valence electrons. The Labute approximate surface area is 161 Å². The molecule has 3 aromatic rings. The molecule has 0 saturated heterocycles. The van der Waals surface area contributed by atoms with Gasteiger partial charge in [0.05, 0.1) is 11.4 Å². The van der Waals surface area contributed by atoms with E-state index in [0.29, 0.717) is 11.2 Å². The molecule has 0 fully saturated rings. The summed E-state index contributed by atoms with van der Waals surface area (Å²) in [7, 11) is 1.00. The maximum absolute atomic E-state index is 12.9. The number of anilines is 1. The molecule has 0 amide bonds. The smallest absolute Gasteiger partial charge is 0.400 e. The van der Waals surface area contributed by atoms with Crippen LogP contribution in [0.3, 0.4) is 0 Å². The molecule has 1 aliphatic carbocycles. The second kappa shape index (κ2) is 9.24. The number of benzene rings is 1. The zero-order chi connectivity index (χ0) is 20.7. The van der Waals surface area contributed by atoms with Gasteiger partial charge in [0.15, 0.2) is 0 Å². The molecule has 0 spiro atoms. The molecule has 28 heavy (non-hydrogen) atoms. The first kappa shape index (κ1) is 21.3. The number of hydrogen-bond acceptors (Lipinski definition) is 4. The highest BCUT2D eigenvalue weighted by Gasteiger charge is 2.33. The Kier molecular flexibility index (Phi) is 7.01. The lowest BCUT2D eigenvalue weighted by Gasteiger charge is -2.26. The van der Waals surface area contributed by atoms with Crippen molar-refractivity contribution in [2.75, 3.05) is 12.4 Å². The number of fused-ring (bicyclic) bond motifs is 2. The fourth-order valence-electron chi connectivity index (χ4n) is 3.28. The molecule has 1 aliphatic rings. The molecule has 0 unspecified atom stereocenters. The summed E-state index contributed by atoms with van der Waals surface area (Å²) >= 11 is 0. The molecule has 4 rings (SSSR count). The fraction of sp³-hybridized carbons (Fsp3) is 0.300. The maximum Gasteiger partial charge on any atom is 0.431 e. The van der Waals surface area contributed by atoms with Gasteiger partial charge in [-0.1, -0.05) is 24.3 Å². The number of aliphatic hydroxyl groups excluding tert-OH is 1. The molecule has 1 aromatic carbocycles. The highest BCUT2D eigenvalue weighted by atomic mass is 19.4. The van der Waals surface area contributed by atoms with Gasteiger partial charge in [-0.2, -0.15) is 13.2 Å². The predicted molar refractivity (Wildman–Crippen MR) is 103 cm³/mol. The van der Waals surface area contributed by atoms with Crippen molar-refractivity contribution in [1.82, 2.24) is 15.0 Å². The first-order chi connectivity index (χ1) is 13.5. The normalized spacial score (nSPS) is 15.5. The topological polar surface area (TPSA) is 73.8 Å². The van der Waals surface area contributed by atoms with Gasteiger partial charge >= 0.3 is 6.18 Å². The number of rotatable bonds is 2. The van der Waals surface area contributed by atoms with E-state index >= 15 is 0 Å². The number of aromatic nitrogens is 3. The number of alkyl halides is 3. The molecule has 0 aliphatic heterocycles. The first-order valence-corrected chi connectivity index (χ1v) is 8.55. The number of H-pyrrole nitrogens is 1. The van der Waals surface area contributed by atoms with Gasteiger partial charge in [-0.05, 0) is 36.5 Å². The molecule has 8 heteroatoms. The van der Waals surface area contributed by atoms with E-state index in [9.17, 15) is 13.2 Å². The van der Waals surface area contributed by atoms with Crippen molar-refractivity contribution in [3.8, 4) is 12.8 Å². The number of aryl methyl sites for hydroxylation is 1. The molecule has 2 heterocycles. The summed E-state index contributed by atoms with van der Waals surface area (Å²) in [6.07, 6.45) is 7.81. The van der Waals surface area contributed by atoms with Crippen LogP contribution in [0.15, 0.2) is 36.7 Å². The van der Waals surface area contributed by atoms with Gasteiger partial charge < -0.3 is 15.4 Å². The van der Waals surface area contributed by atoms with Gasteiger partial charge in [0.25, 0.3) is 0 Å². The number of halogens is 3. The van der Waals surface area contributed by atoms with E-state index < -0.39 is 11.9 Å². The molecular weight excluding hydrogens is 369 g/mol. The quantitative estimate of drug-likeness (QED) is 0.570. The lowest BCUT2D eigenvalue weighted by molar-refractivity contribution is -0.140. The third-order valence-electron chi connectivity index (χ3n) is 4.41. The Morgan fingerprint density at radius 1 is 1.18 bits per heavy atom. The third-order valence-corrected chi connectivity index (χ3v) is 4.41. The van der Waals surface area contributed by atoms with Crippen molar-refractivity contribution in [1.29, 1.82) is 0 Å². The molecule has 0 radical (unpaired) electrons. The average Bonchev–Trinajstić information content (AvgIpc) is 3.17. The molecule has 0 saturated carbocycles. The third kappa shape index (κ3) is 4.43. The van der Waals surface area contributed by atoms with Gasteiger partial charge in [-0.25, -0.2) is 9.97 Å². The zero-order valence-corrected chi connectivity index (χ0v) is 15.3. The van der Waals surface area contributed by atoms with Crippen LogP contribution in [0.1, 0.15) is 35.7 Å². The van der Waals surface area contributed by atoms with E-state index in [1.807, 2.05) is 12.1 Å². The fourth-order valence-corrected chi connectivity index (χ4v) is 3.28. The summed E-state index contributed by atoms with van der Waals surface area (Å²) in [5.74, 6) is 0.424. The van der Waals surface area contributed by atoms with Crippen molar-refractivity contribution in [3.05, 3.63) is 53.5 Å². The van der Waals surface area contributed by atoms with Crippen LogP contribution in [0.2, 0.25) is 0 Å². The summed E-state index contributed by atoms with van der Waals surface area (Å²) in [5, 5.41) is 10.7. The second-order valence-electron chi connectivity index (χ2n) is 5.95. The monoisotopic (exact) mass is 390 g/mol. The molecule has 1 atom stereocenters. The minimum atomic E-state index is -4.44. The molecule has 2 aromatic heterocycles. The predicted octanol–water partition coefficient (Wildman–Crippen LogP) is 4.32. The van der Waals surface area contributed by atoms with E-state index in [2.05, 4.69) is 45.2 Å². The number of hydrogen-bond donors (Lipinski definition) is 3. The van der Waals surface area contributed by atoms with Crippen LogP contribution in [-0.2, 0) is 12.6 Å². The Balaban J connectivity index is 0.000000660. The van der Waals surface area contributed by atoms with Gasteiger partial charge in [0.1, 0.15) is 23.5 Å². The zero-order valence-electron chi connectivity index (χ0n) is 15.3. The van der Waals surface area contributed by atoms with Gasteiger partial charge in [-0.15, -0.1) is 12.8 Å². The van der Waals surface area contributed by atoms with Gasteiger partial charge in [0, 0.05) is 7.11 Å². The summed E-state index contributed by atoms with van der Waals surface area (Å²) in [6, 6.07) is 9.24. The lowest BCUT2D eigenvalue weighted by atomic mass is 9.88. The number of terminal acetylenes is 1. The number of nitrogens with zero attached hydrogens (tertiary/aromatic N) is 2. The Bertz CT molecular complexity index is 934. The summed E-state index contributed by atoms with van der Waals surface area (Å²) < 4.78 is 38.7. The Morgan fingerprint density at radius 3 is 2.61 bits per heavy atom. The van der Waals surface area contributed by atoms with E-state index in [1.54, 1.807) is 0 Å². The molecule has 0 bridgehead atoms. The van der Waals surface area contributed by atoms with Gasteiger partial charge in [-0.3, -0.25) is 0 Å². The van der Waals surface area contributed by atoms with Crippen LogP contribution in [0, 0.1) is 12.8 Å². The maximum atomic E-state index is 12.9. The highest BCUT2D eigenvalue weighted by Crippen LogP contribution is 2.35. The SMILES string of the molecule is C#C.CO.FC(F)(F)c1cc2c(N[C@H]3CCCc4ccccc43)ncnc2[nH]1. The van der Waals surface area contributed by atoms with Crippen LogP contribution >= 0.6 is 0 Å². The van der Waals surface area contributed by atoms with Crippen molar-refractivity contribution >= 4 is 16.9 Å². The Hall–Kier alpha value is -3.05. The molecule has 3 N–H and O–H groups in total. The minimum Gasteiger partial charge on any atom is -0.400 e. The van der Waals surface area contributed by atoms with Crippen LogP contribution in [-0.4, -0.2) is 27.2 Å². The summed E-state index contributed by atoms with van der Waals surface area (Å²) in [6.45, 7) is 0. The highest BCUT2D eigenvalue weighted by molar-refractivity contribution is 5.87. The number of nitrogens with one attached hydrogen (secondary N) is 2. The Morgan fingerprint density at radius 2 is 1.89 bits per heavy atom. The van der Waals surface area contributed by atoms with E-state index in [4.69, 9.17) is 5.11 Å². The van der Waals surface area contributed by atoms with Crippen molar-refractivity contribution in [2.45, 2.75) is 31.5 Å². The van der Waals surface area contributed by atoms with Crippen molar-refractivity contribution < 1.29 is 18.3 Å². The van der Waals surface area contributed by atoms with E-state index in [-0.39, 0.29) is 11.7 Å². The lowest BCUT2D eigenvalue weighted by Crippen LogP contribution is -2.18. The van der Waals surface area contributed by atoms with E-state index in [1.165, 1.54) is 17.5 Å². The number of aliphatic hydroxyl groups is 1. The summed E-state index contributed by atoms with van der Waals surface area (Å²) in [4.78, 5) is 10.4. The van der Waals surface area contributed by atoms with Crippen LogP contribution in [0.25, 0.3) is 11.0 Å². The first-order valence-electron chi connectivity index (χ1n) is 8.55. The summed E-state index contributed by atoms with van der Waals surface area (Å²) in [5.41, 5.74) is 1.83. The van der Waals surface area contributed by atoms with Crippen LogP contribution in [0.4, 0.5) is 19.0 Å².